The monoisotopic (exact) mass is 531 g/mol. The first-order valence-corrected chi connectivity index (χ1v) is 14.0. The van der Waals surface area contributed by atoms with Crippen LogP contribution in [0.3, 0.4) is 0 Å². The van der Waals surface area contributed by atoms with Gasteiger partial charge in [-0.1, -0.05) is 13.3 Å². The van der Waals surface area contributed by atoms with Gasteiger partial charge in [-0.05, 0) is 70.6 Å². The van der Waals surface area contributed by atoms with Crippen LogP contribution < -0.4 is 21.3 Å². The van der Waals surface area contributed by atoms with Crippen LogP contribution >= 0.6 is 0 Å². The molecule has 0 spiro atoms. The zero-order chi connectivity index (χ0) is 27.6. The molecule has 0 aromatic rings. The fraction of sp³-hybridized carbons (Fsp3) is 0.778. The van der Waals surface area contributed by atoms with Crippen molar-refractivity contribution in [1.29, 1.82) is 0 Å². The van der Waals surface area contributed by atoms with E-state index in [2.05, 4.69) is 21.3 Å². The Morgan fingerprint density at radius 1 is 1.08 bits per heavy atom. The molecule has 0 aromatic heterocycles. The summed E-state index contributed by atoms with van der Waals surface area (Å²) >= 11 is 0. The number of hydrogen-bond donors (Lipinski definition) is 4. The third kappa shape index (κ3) is 6.02. The van der Waals surface area contributed by atoms with Gasteiger partial charge >= 0.3 is 0 Å². The molecule has 4 aliphatic carbocycles. The number of hydrogen-bond acceptors (Lipinski definition) is 6. The lowest BCUT2D eigenvalue weighted by Gasteiger charge is -2.60. The maximum atomic E-state index is 13.5. The summed E-state index contributed by atoms with van der Waals surface area (Å²) in [5, 5.41) is 11.0. The largest absolute Gasteiger partial charge is 0.356 e. The predicted octanol–water partition coefficient (Wildman–Crippen LogP) is 0.167. The summed E-state index contributed by atoms with van der Waals surface area (Å²) in [6.45, 7) is 4.05. The summed E-state index contributed by atoms with van der Waals surface area (Å²) in [5.41, 5.74) is -0.321. The van der Waals surface area contributed by atoms with Crippen molar-refractivity contribution >= 4 is 35.3 Å². The van der Waals surface area contributed by atoms with Gasteiger partial charge in [0, 0.05) is 31.0 Å². The molecule has 1 saturated heterocycles. The topological polar surface area (TPSA) is 154 Å². The van der Waals surface area contributed by atoms with Crippen LogP contribution in [-0.2, 0) is 28.8 Å². The highest BCUT2D eigenvalue weighted by atomic mass is 16.2. The van der Waals surface area contributed by atoms with E-state index < -0.39 is 47.5 Å². The van der Waals surface area contributed by atoms with E-state index in [4.69, 9.17) is 0 Å². The van der Waals surface area contributed by atoms with E-state index in [0.29, 0.717) is 31.7 Å². The van der Waals surface area contributed by atoms with Crippen molar-refractivity contribution in [1.82, 2.24) is 26.2 Å². The minimum absolute atomic E-state index is 0.0144. The van der Waals surface area contributed by atoms with E-state index in [1.165, 1.54) is 11.9 Å². The normalized spacial score (nSPS) is 27.8. The molecule has 210 valence electrons. The van der Waals surface area contributed by atoms with Crippen LogP contribution in [0.25, 0.3) is 0 Å². The molecular formula is C27H41N5O6. The third-order valence-electron chi connectivity index (χ3n) is 8.61. The maximum Gasteiger partial charge on any atom is 0.289 e. The molecule has 1 aliphatic heterocycles. The molecule has 5 aliphatic rings. The van der Waals surface area contributed by atoms with Crippen molar-refractivity contribution in [2.75, 3.05) is 13.6 Å². The highest BCUT2D eigenvalue weighted by molar-refractivity contribution is 6.38. The number of nitrogens with zero attached hydrogens (tertiary/aromatic N) is 1. The van der Waals surface area contributed by atoms with Crippen LogP contribution in [-0.4, -0.2) is 78.0 Å². The summed E-state index contributed by atoms with van der Waals surface area (Å²) in [6, 6.07) is -2.91. The Morgan fingerprint density at radius 2 is 1.76 bits per heavy atom. The minimum Gasteiger partial charge on any atom is -0.356 e. The molecule has 0 radical (unpaired) electrons. The molecule has 5 rings (SSSR count). The number of carbonyl (C=O) groups excluding carboxylic acids is 6. The average Bonchev–Trinajstić information content (AvgIpc) is 3.63. The molecule has 0 unspecified atom stereocenters. The number of amides is 5. The number of nitrogens with one attached hydrogen (secondary N) is 4. The lowest BCUT2D eigenvalue weighted by molar-refractivity contribution is -0.166. The Bertz CT molecular complexity index is 977. The van der Waals surface area contributed by atoms with E-state index in [-0.39, 0.29) is 29.7 Å². The van der Waals surface area contributed by atoms with Gasteiger partial charge in [-0.3, -0.25) is 28.8 Å². The van der Waals surface area contributed by atoms with Gasteiger partial charge in [0.05, 0.1) is 6.04 Å². The highest BCUT2D eigenvalue weighted by Crippen LogP contribution is 2.64. The van der Waals surface area contributed by atoms with Gasteiger partial charge in [-0.25, -0.2) is 0 Å². The van der Waals surface area contributed by atoms with E-state index in [9.17, 15) is 28.8 Å². The van der Waals surface area contributed by atoms with E-state index >= 15 is 0 Å². The van der Waals surface area contributed by atoms with Crippen LogP contribution in [0.15, 0.2) is 0 Å². The Balaban J connectivity index is 1.41. The fourth-order valence-electron chi connectivity index (χ4n) is 5.89. The van der Waals surface area contributed by atoms with Crippen molar-refractivity contribution in [3.05, 3.63) is 0 Å². The lowest BCUT2D eigenvalue weighted by Crippen LogP contribution is -2.63. The van der Waals surface area contributed by atoms with E-state index in [1.54, 1.807) is 6.92 Å². The molecule has 4 atom stereocenters. The summed E-state index contributed by atoms with van der Waals surface area (Å²) in [4.78, 5) is 78.7. The molecule has 5 fully saturated rings. The van der Waals surface area contributed by atoms with Gasteiger partial charge in [0.15, 0.2) is 0 Å². The first-order valence-electron chi connectivity index (χ1n) is 14.0. The zero-order valence-corrected chi connectivity index (χ0v) is 22.6. The second-order valence-electron chi connectivity index (χ2n) is 11.7. The van der Waals surface area contributed by atoms with Crippen LogP contribution in [0.1, 0.15) is 78.1 Å². The fourth-order valence-corrected chi connectivity index (χ4v) is 5.89. The number of Topliss-reactive ketones (excluding diaryl/α,β-unsaturated/α-hetero) is 1. The summed E-state index contributed by atoms with van der Waals surface area (Å²) < 4.78 is 0. The highest BCUT2D eigenvalue weighted by Gasteiger charge is 2.61. The smallest absolute Gasteiger partial charge is 0.289 e. The third-order valence-corrected chi connectivity index (χ3v) is 8.61. The number of ketones is 1. The molecule has 5 amide bonds. The van der Waals surface area contributed by atoms with Crippen molar-refractivity contribution in [2.24, 2.45) is 17.3 Å². The Hall–Kier alpha value is -2.98. The summed E-state index contributed by atoms with van der Waals surface area (Å²) in [7, 11) is 1.51. The number of likely N-dealkylation sites (N-methyl/N-ethyl adjacent to an activating group) is 1. The van der Waals surface area contributed by atoms with Gasteiger partial charge < -0.3 is 26.2 Å². The zero-order valence-electron chi connectivity index (χ0n) is 22.6. The minimum atomic E-state index is -1.18. The van der Waals surface area contributed by atoms with Crippen LogP contribution in [0.5, 0.6) is 0 Å². The second-order valence-corrected chi connectivity index (χ2v) is 11.7. The molecule has 11 nitrogen and oxygen atoms in total. The van der Waals surface area contributed by atoms with Crippen molar-refractivity contribution in [3.63, 3.8) is 0 Å². The SMILES string of the molecule is CCC[C@@H](C(=O)N[C@@H](C[C@@H]1CCCNC1=O)C(=O)C(=O)NC1CC1)N(C)C(=O)[C@@H](C)NC(=O)C12CC(C1)C2. The molecule has 4 saturated carbocycles. The van der Waals surface area contributed by atoms with Crippen LogP contribution in [0, 0.1) is 17.3 Å². The standard InChI is InChI=1S/C27H41N5O6/c1-4-6-20(32(3)25(37)15(2)29-26(38)27-12-16(13-27)14-27)23(35)31-19(11-17-7-5-10-28-22(17)34)21(33)24(36)30-18-8-9-18/h15-20H,4-14H2,1-3H3,(H,28,34)(H,29,38)(H,30,36)(H,31,35)/t15-,16?,17+,19+,20+,27?/m1/s1. The van der Waals surface area contributed by atoms with Crippen molar-refractivity contribution in [2.45, 2.75) is 102 Å². The first kappa shape index (κ1) is 28.0. The lowest BCUT2D eigenvalue weighted by atomic mass is 9.44. The van der Waals surface area contributed by atoms with E-state index in [0.717, 1.165) is 38.5 Å². The van der Waals surface area contributed by atoms with Gasteiger partial charge in [0.1, 0.15) is 12.1 Å². The van der Waals surface area contributed by atoms with Gasteiger partial charge in [0.2, 0.25) is 29.4 Å². The average molecular weight is 532 g/mol. The number of carbonyl (C=O) groups is 6. The molecular weight excluding hydrogens is 490 g/mol. The van der Waals surface area contributed by atoms with Crippen LogP contribution in [0.2, 0.25) is 0 Å². The van der Waals surface area contributed by atoms with Crippen molar-refractivity contribution < 1.29 is 28.8 Å². The van der Waals surface area contributed by atoms with Gasteiger partial charge in [-0.2, -0.15) is 0 Å². The molecule has 38 heavy (non-hydrogen) atoms. The predicted molar refractivity (Wildman–Crippen MR) is 137 cm³/mol. The molecule has 11 heteroatoms. The van der Waals surface area contributed by atoms with Gasteiger partial charge in [0.25, 0.3) is 5.91 Å². The maximum absolute atomic E-state index is 13.5. The molecule has 1 heterocycles. The summed E-state index contributed by atoms with van der Waals surface area (Å²) in [6.07, 6.45) is 6.49. The molecule has 2 bridgehead atoms. The van der Waals surface area contributed by atoms with Gasteiger partial charge in [-0.15, -0.1) is 0 Å². The first-order chi connectivity index (χ1) is 18.0. The Kier molecular flexibility index (Phi) is 8.42. The van der Waals surface area contributed by atoms with Crippen molar-refractivity contribution in [3.8, 4) is 0 Å². The van der Waals surface area contributed by atoms with E-state index in [1.807, 2.05) is 6.92 Å². The van der Waals surface area contributed by atoms with Crippen LogP contribution in [0.4, 0.5) is 0 Å². The second kappa shape index (κ2) is 11.4. The quantitative estimate of drug-likeness (QED) is 0.249. The Labute approximate surface area is 223 Å². The Morgan fingerprint density at radius 3 is 2.32 bits per heavy atom. The molecule has 0 aromatic carbocycles. The number of rotatable bonds is 13. The molecule has 4 N–H and O–H groups in total. The number of piperidine rings is 1. The summed E-state index contributed by atoms with van der Waals surface area (Å²) in [5.74, 6) is -2.69.